The molecular weight excluding hydrogens is 274 g/mol. The fourth-order valence-electron chi connectivity index (χ4n) is 2.09. The number of rotatable bonds is 6. The van der Waals surface area contributed by atoms with Crippen LogP contribution in [-0.2, 0) is 9.59 Å². The molecular formula is C15H15NO3S. The van der Waals surface area contributed by atoms with E-state index < -0.39 is 6.10 Å². The smallest absolute Gasteiger partial charge is 0.261 e. The average molecular weight is 289 g/mol. The molecule has 0 spiro atoms. The number of hydrogen-bond acceptors (Lipinski definition) is 4. The molecule has 0 saturated carbocycles. The molecule has 20 heavy (non-hydrogen) atoms. The Labute approximate surface area is 121 Å². The Bertz CT molecular complexity index is 556. The lowest BCUT2D eigenvalue weighted by Gasteiger charge is -2.16. The number of nitrogens with zero attached hydrogens (tertiary/aromatic N) is 1. The van der Waals surface area contributed by atoms with Gasteiger partial charge in [0.05, 0.1) is 17.3 Å². The van der Waals surface area contributed by atoms with Crippen molar-refractivity contribution in [1.82, 2.24) is 4.90 Å². The van der Waals surface area contributed by atoms with E-state index in [1.165, 1.54) is 23.5 Å². The van der Waals surface area contributed by atoms with Crippen LogP contribution in [0.5, 0.6) is 0 Å². The summed E-state index contributed by atoms with van der Waals surface area (Å²) >= 11 is 1.44. The standard InChI is InChI=1S/C15H15NO3S/c1-3-10-11(4-2)15(19)16(14(10)18)8-7-12(17)13-6-5-9-20-13/h3-6,9,12,17H,1-2,7-8H2. The summed E-state index contributed by atoms with van der Waals surface area (Å²) in [4.78, 5) is 26.1. The average Bonchev–Trinajstić information content (AvgIpc) is 3.04. The van der Waals surface area contributed by atoms with Crippen molar-refractivity contribution in [3.63, 3.8) is 0 Å². The minimum absolute atomic E-state index is 0.172. The third-order valence-electron chi connectivity index (χ3n) is 3.15. The van der Waals surface area contributed by atoms with Crippen LogP contribution in [0.15, 0.2) is 54.0 Å². The van der Waals surface area contributed by atoms with Crippen molar-refractivity contribution in [3.8, 4) is 0 Å². The summed E-state index contributed by atoms with van der Waals surface area (Å²) in [5, 5.41) is 11.9. The number of carbonyl (C=O) groups excluding carboxylic acids is 2. The van der Waals surface area contributed by atoms with Crippen LogP contribution in [-0.4, -0.2) is 28.4 Å². The molecule has 0 aromatic carbocycles. The van der Waals surface area contributed by atoms with E-state index in [9.17, 15) is 14.7 Å². The van der Waals surface area contributed by atoms with Gasteiger partial charge in [-0.1, -0.05) is 31.4 Å². The SMILES string of the molecule is C=CC1=C(C=C)C(=O)N(CCC(O)c2cccs2)C1=O. The van der Waals surface area contributed by atoms with Gasteiger partial charge in [0.1, 0.15) is 0 Å². The molecule has 0 fully saturated rings. The molecule has 5 heteroatoms. The first-order chi connectivity index (χ1) is 9.60. The van der Waals surface area contributed by atoms with Gasteiger partial charge in [0.2, 0.25) is 0 Å². The normalized spacial score (nSPS) is 16.8. The van der Waals surface area contributed by atoms with E-state index in [0.717, 1.165) is 9.78 Å². The second-order valence-corrected chi connectivity index (χ2v) is 5.30. The highest BCUT2D eigenvalue weighted by atomic mass is 32.1. The molecule has 1 unspecified atom stereocenters. The van der Waals surface area contributed by atoms with Crippen molar-refractivity contribution in [3.05, 3.63) is 58.8 Å². The number of imide groups is 1. The number of amides is 2. The molecule has 1 N–H and O–H groups in total. The van der Waals surface area contributed by atoms with Crippen LogP contribution in [0.3, 0.4) is 0 Å². The quantitative estimate of drug-likeness (QED) is 0.817. The van der Waals surface area contributed by atoms with E-state index in [1.807, 2.05) is 17.5 Å². The van der Waals surface area contributed by atoms with Gasteiger partial charge in [-0.15, -0.1) is 11.3 Å². The molecule has 1 aliphatic heterocycles. The van der Waals surface area contributed by atoms with E-state index in [2.05, 4.69) is 13.2 Å². The van der Waals surface area contributed by atoms with Crippen molar-refractivity contribution >= 4 is 23.2 Å². The molecule has 2 rings (SSSR count). The molecule has 1 aromatic rings. The van der Waals surface area contributed by atoms with Gasteiger partial charge >= 0.3 is 0 Å². The number of aliphatic hydroxyl groups excluding tert-OH is 1. The van der Waals surface area contributed by atoms with Gasteiger partial charge in [0.15, 0.2) is 0 Å². The van der Waals surface area contributed by atoms with E-state index in [4.69, 9.17) is 0 Å². The summed E-state index contributed by atoms with van der Waals surface area (Å²) in [7, 11) is 0. The third kappa shape index (κ3) is 2.50. The molecule has 2 heterocycles. The maximum Gasteiger partial charge on any atom is 0.261 e. The fraction of sp³-hybridized carbons (Fsp3) is 0.200. The van der Waals surface area contributed by atoms with Gasteiger partial charge in [-0.2, -0.15) is 0 Å². The Balaban J connectivity index is 2.05. The summed E-state index contributed by atoms with van der Waals surface area (Å²) in [5.74, 6) is -0.753. The maximum absolute atomic E-state index is 12.1. The Hall–Kier alpha value is -1.98. The molecule has 0 bridgehead atoms. The molecule has 2 amide bonds. The highest BCUT2D eigenvalue weighted by Gasteiger charge is 2.35. The Kier molecular flexibility index (Phi) is 4.32. The second kappa shape index (κ2) is 5.98. The maximum atomic E-state index is 12.1. The van der Waals surface area contributed by atoms with Crippen molar-refractivity contribution in [2.45, 2.75) is 12.5 Å². The van der Waals surface area contributed by atoms with Gasteiger partial charge in [0, 0.05) is 11.4 Å². The van der Waals surface area contributed by atoms with Gasteiger partial charge in [-0.05, 0) is 17.9 Å². The molecule has 4 nitrogen and oxygen atoms in total. The molecule has 1 aliphatic rings. The highest BCUT2D eigenvalue weighted by molar-refractivity contribution is 7.10. The van der Waals surface area contributed by atoms with E-state index in [-0.39, 0.29) is 29.5 Å². The molecule has 0 aliphatic carbocycles. The third-order valence-corrected chi connectivity index (χ3v) is 4.12. The van der Waals surface area contributed by atoms with Crippen molar-refractivity contribution in [1.29, 1.82) is 0 Å². The van der Waals surface area contributed by atoms with E-state index >= 15 is 0 Å². The van der Waals surface area contributed by atoms with Gasteiger partial charge in [-0.3, -0.25) is 14.5 Å². The summed E-state index contributed by atoms with van der Waals surface area (Å²) in [5.41, 5.74) is 0.547. The molecule has 0 saturated heterocycles. The molecule has 1 atom stereocenters. The van der Waals surface area contributed by atoms with Crippen LogP contribution in [0.4, 0.5) is 0 Å². The topological polar surface area (TPSA) is 57.6 Å². The summed E-state index contributed by atoms with van der Waals surface area (Å²) < 4.78 is 0. The molecule has 104 valence electrons. The van der Waals surface area contributed by atoms with Gasteiger partial charge in [-0.25, -0.2) is 0 Å². The Morgan fingerprint density at radius 3 is 2.30 bits per heavy atom. The van der Waals surface area contributed by atoms with Crippen LogP contribution in [0.1, 0.15) is 17.4 Å². The highest BCUT2D eigenvalue weighted by Crippen LogP contribution is 2.26. The minimum atomic E-state index is -0.671. The lowest BCUT2D eigenvalue weighted by atomic mass is 10.1. The van der Waals surface area contributed by atoms with Gasteiger partial charge < -0.3 is 5.11 Å². The number of aliphatic hydroxyl groups is 1. The fourth-order valence-corrected chi connectivity index (χ4v) is 2.83. The monoisotopic (exact) mass is 289 g/mol. The lowest BCUT2D eigenvalue weighted by molar-refractivity contribution is -0.137. The zero-order valence-electron chi connectivity index (χ0n) is 10.9. The Morgan fingerprint density at radius 1 is 1.25 bits per heavy atom. The largest absolute Gasteiger partial charge is 0.388 e. The zero-order valence-corrected chi connectivity index (χ0v) is 11.7. The van der Waals surface area contributed by atoms with Crippen LogP contribution in [0, 0.1) is 0 Å². The first-order valence-electron chi connectivity index (χ1n) is 6.17. The first-order valence-corrected chi connectivity index (χ1v) is 7.05. The van der Waals surface area contributed by atoms with E-state index in [0.29, 0.717) is 6.42 Å². The lowest BCUT2D eigenvalue weighted by Crippen LogP contribution is -2.33. The predicted octanol–water partition coefficient (Wildman–Crippen LogP) is 2.21. The number of hydrogen-bond donors (Lipinski definition) is 1. The van der Waals surface area contributed by atoms with Crippen LogP contribution >= 0.6 is 11.3 Å². The zero-order chi connectivity index (χ0) is 14.7. The first kappa shape index (κ1) is 14.4. The molecule has 0 radical (unpaired) electrons. The number of carbonyl (C=O) groups is 2. The van der Waals surface area contributed by atoms with E-state index in [1.54, 1.807) is 0 Å². The summed E-state index contributed by atoms with van der Waals surface area (Å²) in [6.45, 7) is 7.26. The van der Waals surface area contributed by atoms with Crippen molar-refractivity contribution < 1.29 is 14.7 Å². The molecule has 1 aromatic heterocycles. The van der Waals surface area contributed by atoms with Crippen LogP contribution in [0.25, 0.3) is 0 Å². The Morgan fingerprint density at radius 2 is 1.85 bits per heavy atom. The predicted molar refractivity (Wildman–Crippen MR) is 78.0 cm³/mol. The van der Waals surface area contributed by atoms with Crippen molar-refractivity contribution in [2.75, 3.05) is 6.54 Å². The van der Waals surface area contributed by atoms with Crippen LogP contribution < -0.4 is 0 Å². The summed E-state index contributed by atoms with van der Waals surface area (Å²) in [6, 6.07) is 3.67. The van der Waals surface area contributed by atoms with Gasteiger partial charge in [0.25, 0.3) is 11.8 Å². The minimum Gasteiger partial charge on any atom is -0.388 e. The number of thiophene rings is 1. The van der Waals surface area contributed by atoms with Crippen LogP contribution in [0.2, 0.25) is 0 Å². The van der Waals surface area contributed by atoms with Crippen molar-refractivity contribution in [2.24, 2.45) is 0 Å². The second-order valence-electron chi connectivity index (χ2n) is 4.32. The summed E-state index contributed by atoms with van der Waals surface area (Å²) in [6.07, 6.45) is 2.38.